The summed E-state index contributed by atoms with van der Waals surface area (Å²) in [7, 11) is 0. The molecule has 0 aliphatic rings. The van der Waals surface area contributed by atoms with Crippen LogP contribution in [0.25, 0.3) is 0 Å². The molecule has 0 amide bonds. The van der Waals surface area contributed by atoms with Crippen molar-refractivity contribution in [2.24, 2.45) is 0 Å². The zero-order chi connectivity index (χ0) is 15.4. The molecule has 1 heterocycles. The van der Waals surface area contributed by atoms with Gasteiger partial charge in [0.15, 0.2) is 0 Å². The van der Waals surface area contributed by atoms with Gasteiger partial charge in [0.2, 0.25) is 0 Å². The number of anilines is 1. The fraction of sp³-hybridized carbons (Fsp3) is 0.214. The Morgan fingerprint density at radius 1 is 1.29 bits per heavy atom. The molecule has 2 rings (SSSR count). The molecule has 21 heavy (non-hydrogen) atoms. The Hall–Kier alpha value is -1.40. The first-order valence-corrected chi connectivity index (χ1v) is 7.25. The second-order valence-electron chi connectivity index (χ2n) is 4.31. The van der Waals surface area contributed by atoms with Crippen molar-refractivity contribution in [1.29, 1.82) is 0 Å². The number of alkyl halides is 2. The first kappa shape index (κ1) is 16.0. The number of hydrogen-bond acceptors (Lipinski definition) is 3. The molecule has 1 aromatic carbocycles. The number of nitrogens with one attached hydrogen (secondary N) is 1. The van der Waals surface area contributed by atoms with Gasteiger partial charge in [-0.1, -0.05) is 23.7 Å². The van der Waals surface area contributed by atoms with Crippen LogP contribution in [0.5, 0.6) is 5.75 Å². The Morgan fingerprint density at radius 3 is 2.52 bits per heavy atom. The van der Waals surface area contributed by atoms with Gasteiger partial charge >= 0.3 is 6.61 Å². The second kappa shape index (κ2) is 7.04. The van der Waals surface area contributed by atoms with Crippen LogP contribution in [0.2, 0.25) is 5.15 Å². The molecule has 1 N–H and O–H groups in total. The van der Waals surface area contributed by atoms with Crippen molar-refractivity contribution in [3.05, 3.63) is 51.7 Å². The summed E-state index contributed by atoms with van der Waals surface area (Å²) in [4.78, 5) is 4.02. The lowest BCUT2D eigenvalue weighted by molar-refractivity contribution is -0.0498. The zero-order valence-corrected chi connectivity index (χ0v) is 13.3. The number of aromatic nitrogens is 1. The third-order valence-electron chi connectivity index (χ3n) is 2.78. The summed E-state index contributed by atoms with van der Waals surface area (Å²) in [6.07, 6.45) is 1.62. The smallest absolute Gasteiger partial charge is 0.387 e. The van der Waals surface area contributed by atoms with E-state index in [1.165, 1.54) is 12.1 Å². The Labute approximate surface area is 134 Å². The quantitative estimate of drug-likeness (QED) is 0.721. The van der Waals surface area contributed by atoms with E-state index in [-0.39, 0.29) is 11.8 Å². The number of rotatable bonds is 5. The highest BCUT2D eigenvalue weighted by Crippen LogP contribution is 2.26. The molecule has 1 unspecified atom stereocenters. The fourth-order valence-corrected chi connectivity index (χ4v) is 2.22. The summed E-state index contributed by atoms with van der Waals surface area (Å²) >= 11 is 9.13. The number of hydrogen-bond donors (Lipinski definition) is 1. The number of nitrogens with zero attached hydrogens (tertiary/aromatic N) is 1. The molecule has 0 aliphatic carbocycles. The van der Waals surface area contributed by atoms with Gasteiger partial charge in [0.25, 0.3) is 0 Å². The Kier molecular flexibility index (Phi) is 5.36. The molecule has 112 valence electrons. The molecular weight excluding hydrogens is 366 g/mol. The SMILES string of the molecule is CC(Nc1cnc(Cl)c(Br)c1)c1ccc(OC(F)F)cc1. The highest BCUT2D eigenvalue weighted by Gasteiger charge is 2.09. The first-order valence-electron chi connectivity index (χ1n) is 6.08. The van der Waals surface area contributed by atoms with Gasteiger partial charge in [0.1, 0.15) is 10.9 Å². The third kappa shape index (κ3) is 4.54. The van der Waals surface area contributed by atoms with E-state index in [9.17, 15) is 8.78 Å². The predicted molar refractivity (Wildman–Crippen MR) is 82.1 cm³/mol. The van der Waals surface area contributed by atoms with E-state index in [4.69, 9.17) is 11.6 Å². The van der Waals surface area contributed by atoms with Crippen LogP contribution in [0, 0.1) is 0 Å². The van der Waals surface area contributed by atoms with Crippen LogP contribution in [0.3, 0.4) is 0 Å². The van der Waals surface area contributed by atoms with Crippen molar-refractivity contribution in [3.63, 3.8) is 0 Å². The van der Waals surface area contributed by atoms with Crippen molar-refractivity contribution in [3.8, 4) is 5.75 Å². The standard InChI is InChI=1S/C14H12BrClF2N2O/c1-8(20-10-6-12(15)13(16)19-7-10)9-2-4-11(5-3-9)21-14(17)18/h2-8,14,20H,1H3. The summed E-state index contributed by atoms with van der Waals surface area (Å²) in [5.41, 5.74) is 1.73. The molecule has 1 aromatic heterocycles. The Morgan fingerprint density at radius 2 is 1.95 bits per heavy atom. The van der Waals surface area contributed by atoms with Crippen LogP contribution >= 0.6 is 27.5 Å². The van der Waals surface area contributed by atoms with E-state index in [1.54, 1.807) is 18.3 Å². The molecule has 0 aliphatic heterocycles. The summed E-state index contributed by atoms with van der Waals surface area (Å²) < 4.78 is 29.2. The van der Waals surface area contributed by atoms with E-state index in [0.29, 0.717) is 9.63 Å². The molecule has 0 saturated carbocycles. The average molecular weight is 378 g/mol. The van der Waals surface area contributed by atoms with Gasteiger partial charge in [-0.3, -0.25) is 0 Å². The fourth-order valence-electron chi connectivity index (χ4n) is 1.77. The van der Waals surface area contributed by atoms with Gasteiger partial charge < -0.3 is 10.1 Å². The van der Waals surface area contributed by atoms with Crippen molar-refractivity contribution < 1.29 is 13.5 Å². The maximum Gasteiger partial charge on any atom is 0.387 e. The van der Waals surface area contributed by atoms with E-state index >= 15 is 0 Å². The molecule has 7 heteroatoms. The van der Waals surface area contributed by atoms with Crippen LogP contribution in [0.4, 0.5) is 14.5 Å². The van der Waals surface area contributed by atoms with Gasteiger partial charge in [-0.2, -0.15) is 8.78 Å². The molecule has 2 aromatic rings. The van der Waals surface area contributed by atoms with Crippen LogP contribution < -0.4 is 10.1 Å². The lowest BCUT2D eigenvalue weighted by Crippen LogP contribution is -2.07. The predicted octanol–water partition coefficient (Wildman–Crippen LogP) is 5.27. The molecule has 0 bridgehead atoms. The van der Waals surface area contributed by atoms with Crippen molar-refractivity contribution in [1.82, 2.24) is 4.98 Å². The van der Waals surface area contributed by atoms with Crippen molar-refractivity contribution in [2.75, 3.05) is 5.32 Å². The minimum absolute atomic E-state index is 0.0273. The highest BCUT2D eigenvalue weighted by atomic mass is 79.9. The van der Waals surface area contributed by atoms with E-state index in [1.807, 2.05) is 13.0 Å². The van der Waals surface area contributed by atoms with E-state index in [2.05, 4.69) is 31.0 Å². The largest absolute Gasteiger partial charge is 0.435 e. The summed E-state index contributed by atoms with van der Waals surface area (Å²) in [6.45, 7) is -0.866. The average Bonchev–Trinajstić information content (AvgIpc) is 2.43. The molecular formula is C14H12BrClF2N2O. The molecule has 3 nitrogen and oxygen atoms in total. The minimum atomic E-state index is -2.82. The number of pyridine rings is 1. The molecule has 0 spiro atoms. The summed E-state index contributed by atoms with van der Waals surface area (Å²) in [5, 5.41) is 3.64. The maximum absolute atomic E-state index is 12.1. The molecule has 1 atom stereocenters. The van der Waals surface area contributed by atoms with Gasteiger partial charge in [0, 0.05) is 6.04 Å². The molecule has 0 radical (unpaired) electrons. The van der Waals surface area contributed by atoms with Gasteiger partial charge in [-0.15, -0.1) is 0 Å². The minimum Gasteiger partial charge on any atom is -0.435 e. The lowest BCUT2D eigenvalue weighted by Gasteiger charge is -2.16. The first-order chi connectivity index (χ1) is 9.95. The van der Waals surface area contributed by atoms with E-state index < -0.39 is 6.61 Å². The van der Waals surface area contributed by atoms with E-state index in [0.717, 1.165) is 11.3 Å². The highest BCUT2D eigenvalue weighted by molar-refractivity contribution is 9.10. The van der Waals surface area contributed by atoms with Crippen LogP contribution in [-0.2, 0) is 0 Å². The topological polar surface area (TPSA) is 34.2 Å². The van der Waals surface area contributed by atoms with Crippen LogP contribution in [-0.4, -0.2) is 11.6 Å². The molecule has 0 fully saturated rings. The summed E-state index contributed by atoms with van der Waals surface area (Å²) in [6, 6.07) is 8.27. The second-order valence-corrected chi connectivity index (χ2v) is 5.52. The van der Waals surface area contributed by atoms with Crippen LogP contribution in [0.15, 0.2) is 41.0 Å². The van der Waals surface area contributed by atoms with Crippen molar-refractivity contribution in [2.45, 2.75) is 19.6 Å². The van der Waals surface area contributed by atoms with Gasteiger partial charge in [0.05, 0.1) is 16.4 Å². The Bertz CT molecular complexity index is 610. The monoisotopic (exact) mass is 376 g/mol. The lowest BCUT2D eigenvalue weighted by atomic mass is 10.1. The zero-order valence-electron chi connectivity index (χ0n) is 11.0. The number of ether oxygens (including phenoxy) is 1. The number of halogens is 4. The molecule has 0 saturated heterocycles. The third-order valence-corrected chi connectivity index (χ3v) is 3.92. The van der Waals surface area contributed by atoms with Crippen LogP contribution in [0.1, 0.15) is 18.5 Å². The summed E-state index contributed by atoms with van der Waals surface area (Å²) in [5.74, 6) is 0.136. The number of benzene rings is 1. The van der Waals surface area contributed by atoms with Crippen molar-refractivity contribution >= 4 is 33.2 Å². The maximum atomic E-state index is 12.1. The van der Waals surface area contributed by atoms with Gasteiger partial charge in [-0.25, -0.2) is 4.98 Å². The van der Waals surface area contributed by atoms with Gasteiger partial charge in [-0.05, 0) is 46.6 Å². The normalized spacial score (nSPS) is 12.3. The Balaban J connectivity index is 2.05.